The quantitative estimate of drug-likeness (QED) is 0.803. The molecule has 2 fully saturated rings. The molecule has 2 aromatic heterocycles. The summed E-state index contributed by atoms with van der Waals surface area (Å²) in [7, 11) is 3.93. The van der Waals surface area contributed by atoms with Gasteiger partial charge in [0.2, 0.25) is 0 Å². The Hall–Kier alpha value is -2.15. The van der Waals surface area contributed by atoms with Crippen LogP contribution in [0.5, 0.6) is 0 Å². The van der Waals surface area contributed by atoms with Crippen molar-refractivity contribution in [2.45, 2.75) is 75.7 Å². The summed E-state index contributed by atoms with van der Waals surface area (Å²) in [4.78, 5) is 11.8. The first-order valence-electron chi connectivity index (χ1n) is 10.9. The van der Waals surface area contributed by atoms with Gasteiger partial charge in [0.1, 0.15) is 0 Å². The Balaban J connectivity index is 0.000000128. The Labute approximate surface area is 171 Å². The Morgan fingerprint density at radius 3 is 2.14 bits per heavy atom. The van der Waals surface area contributed by atoms with Crippen molar-refractivity contribution in [1.82, 2.24) is 19.6 Å². The number of hydrogen-bond acceptors (Lipinski definition) is 5. The number of aliphatic hydroxyl groups is 1. The van der Waals surface area contributed by atoms with Gasteiger partial charge < -0.3 is 9.84 Å². The molecule has 4 atom stereocenters. The molecular weight excluding hydrogens is 368 g/mol. The first kappa shape index (κ1) is 18.9. The first-order valence-corrected chi connectivity index (χ1v) is 10.9. The summed E-state index contributed by atoms with van der Waals surface area (Å²) < 4.78 is 8.92. The number of fused-ring (bicyclic) bond motifs is 10. The molecule has 29 heavy (non-hydrogen) atoms. The molecule has 7 nitrogen and oxygen atoms in total. The minimum Gasteiger partial charge on any atom is -0.461 e. The molecule has 4 aliphatic carbocycles. The van der Waals surface area contributed by atoms with Gasteiger partial charge in [0, 0.05) is 48.4 Å². The zero-order valence-corrected chi connectivity index (χ0v) is 17.5. The monoisotopic (exact) mass is 398 g/mol. The van der Waals surface area contributed by atoms with Crippen molar-refractivity contribution in [3.63, 3.8) is 0 Å². The number of hydrogen-bond donors (Lipinski definition) is 1. The van der Waals surface area contributed by atoms with E-state index in [1.165, 1.54) is 61.0 Å². The molecule has 156 valence electrons. The molecule has 4 aliphatic rings. The summed E-state index contributed by atoms with van der Waals surface area (Å²) in [6, 6.07) is 0. The third-order valence-electron chi connectivity index (χ3n) is 7.41. The van der Waals surface area contributed by atoms with Crippen molar-refractivity contribution >= 4 is 5.97 Å². The SMILES string of the molecule is CCOC(=O)c1nn(C)c2c1C1CCC2C1.Cn1nc(CO)c2c1C1CCC2C1. The van der Waals surface area contributed by atoms with E-state index in [0.717, 1.165) is 11.6 Å². The van der Waals surface area contributed by atoms with Crippen LogP contribution in [-0.2, 0) is 25.4 Å². The minimum atomic E-state index is -0.258. The maximum absolute atomic E-state index is 11.8. The lowest BCUT2D eigenvalue weighted by atomic mass is 9.95. The third kappa shape index (κ3) is 2.77. The highest BCUT2D eigenvalue weighted by atomic mass is 16.5. The highest BCUT2D eigenvalue weighted by Crippen LogP contribution is 2.54. The molecular formula is C22H30N4O3. The van der Waals surface area contributed by atoms with Crippen LogP contribution < -0.4 is 0 Å². The van der Waals surface area contributed by atoms with E-state index in [2.05, 4.69) is 10.2 Å². The normalized spacial score (nSPS) is 27.6. The predicted octanol–water partition coefficient (Wildman–Crippen LogP) is 3.24. The van der Waals surface area contributed by atoms with Gasteiger partial charge in [0.15, 0.2) is 5.69 Å². The van der Waals surface area contributed by atoms with Gasteiger partial charge >= 0.3 is 5.97 Å². The number of aromatic nitrogens is 4. The summed E-state index contributed by atoms with van der Waals surface area (Å²) >= 11 is 0. The molecule has 0 radical (unpaired) electrons. The third-order valence-corrected chi connectivity index (χ3v) is 7.41. The lowest BCUT2D eigenvalue weighted by molar-refractivity contribution is 0.0516. The molecule has 0 aromatic carbocycles. The predicted molar refractivity (Wildman–Crippen MR) is 107 cm³/mol. The summed E-state index contributed by atoms with van der Waals surface area (Å²) in [5.74, 6) is 2.36. The molecule has 2 aromatic rings. The Morgan fingerprint density at radius 1 is 0.966 bits per heavy atom. The van der Waals surface area contributed by atoms with Gasteiger partial charge in [-0.15, -0.1) is 0 Å². The molecule has 2 heterocycles. The fraction of sp³-hybridized carbons (Fsp3) is 0.682. The van der Waals surface area contributed by atoms with Crippen LogP contribution in [-0.4, -0.2) is 37.2 Å². The summed E-state index contributed by atoms with van der Waals surface area (Å²) in [6.07, 6.45) is 7.58. The Kier molecular flexibility index (Phi) is 4.53. The molecule has 0 amide bonds. The average Bonchev–Trinajstić information content (AvgIpc) is 3.52. The highest BCUT2D eigenvalue weighted by molar-refractivity contribution is 5.90. The van der Waals surface area contributed by atoms with Gasteiger partial charge in [-0.3, -0.25) is 9.36 Å². The fourth-order valence-electron chi connectivity index (χ4n) is 6.43. The van der Waals surface area contributed by atoms with Crippen LogP contribution in [0.4, 0.5) is 0 Å². The number of nitrogens with zero attached hydrogens (tertiary/aromatic N) is 4. The summed E-state index contributed by atoms with van der Waals surface area (Å²) in [6.45, 7) is 2.35. The van der Waals surface area contributed by atoms with Crippen molar-refractivity contribution in [3.8, 4) is 0 Å². The largest absolute Gasteiger partial charge is 0.461 e. The summed E-state index contributed by atoms with van der Waals surface area (Å²) in [5, 5.41) is 17.9. The maximum atomic E-state index is 11.8. The van der Waals surface area contributed by atoms with Gasteiger partial charge in [-0.2, -0.15) is 10.2 Å². The molecule has 2 saturated carbocycles. The maximum Gasteiger partial charge on any atom is 0.359 e. The van der Waals surface area contributed by atoms with Crippen LogP contribution in [0.2, 0.25) is 0 Å². The lowest BCUT2D eigenvalue weighted by Gasteiger charge is -2.11. The van der Waals surface area contributed by atoms with Crippen LogP contribution in [0.1, 0.15) is 108 Å². The standard InChI is InChI=1S/C12H16N2O2.C10H14N2O/c1-3-16-12(15)10-9-7-4-5-8(6-7)11(9)14(2)13-10;1-12-10-7-3-2-6(4-7)9(10)8(5-13)11-12/h7-8H,3-6H2,1-2H3;6-7,13H,2-5H2,1H3. The summed E-state index contributed by atoms with van der Waals surface area (Å²) in [5.41, 5.74) is 6.72. The number of rotatable bonds is 3. The van der Waals surface area contributed by atoms with E-state index >= 15 is 0 Å². The van der Waals surface area contributed by atoms with Gasteiger partial charge in [0.25, 0.3) is 0 Å². The molecule has 0 saturated heterocycles. The molecule has 4 bridgehead atoms. The van der Waals surface area contributed by atoms with E-state index in [9.17, 15) is 4.79 Å². The topological polar surface area (TPSA) is 82.2 Å². The number of aliphatic hydroxyl groups excluding tert-OH is 1. The second-order valence-corrected chi connectivity index (χ2v) is 8.93. The van der Waals surface area contributed by atoms with Crippen molar-refractivity contribution in [2.24, 2.45) is 14.1 Å². The molecule has 1 N–H and O–H groups in total. The van der Waals surface area contributed by atoms with E-state index in [4.69, 9.17) is 9.84 Å². The smallest absolute Gasteiger partial charge is 0.359 e. The second kappa shape index (κ2) is 6.97. The zero-order chi connectivity index (χ0) is 20.3. The van der Waals surface area contributed by atoms with Gasteiger partial charge in [0.05, 0.1) is 18.9 Å². The number of ether oxygens (including phenoxy) is 1. The lowest BCUT2D eigenvalue weighted by Crippen LogP contribution is -2.09. The van der Waals surface area contributed by atoms with E-state index in [-0.39, 0.29) is 12.6 Å². The highest BCUT2D eigenvalue weighted by Gasteiger charge is 2.43. The van der Waals surface area contributed by atoms with Crippen LogP contribution in [0.15, 0.2) is 0 Å². The Bertz CT molecular complexity index is 960. The molecule has 0 spiro atoms. The van der Waals surface area contributed by atoms with Gasteiger partial charge in [-0.05, 0) is 57.3 Å². The van der Waals surface area contributed by atoms with E-state index in [1.54, 1.807) is 0 Å². The van der Waals surface area contributed by atoms with Crippen molar-refractivity contribution < 1.29 is 14.6 Å². The van der Waals surface area contributed by atoms with Crippen molar-refractivity contribution in [1.29, 1.82) is 0 Å². The van der Waals surface area contributed by atoms with Gasteiger partial charge in [-0.25, -0.2) is 4.79 Å². The molecule has 0 aliphatic heterocycles. The molecule has 6 rings (SSSR count). The van der Waals surface area contributed by atoms with Crippen LogP contribution in [0.25, 0.3) is 0 Å². The van der Waals surface area contributed by atoms with Gasteiger partial charge in [-0.1, -0.05) is 0 Å². The molecule has 7 heteroatoms. The van der Waals surface area contributed by atoms with E-state index in [1.807, 2.05) is 30.4 Å². The van der Waals surface area contributed by atoms with Crippen LogP contribution in [0.3, 0.4) is 0 Å². The van der Waals surface area contributed by atoms with Crippen LogP contribution in [0, 0.1) is 0 Å². The minimum absolute atomic E-state index is 0.104. The number of carbonyl (C=O) groups is 1. The van der Waals surface area contributed by atoms with Crippen molar-refractivity contribution in [2.75, 3.05) is 6.61 Å². The first-order chi connectivity index (χ1) is 14.0. The second-order valence-electron chi connectivity index (χ2n) is 8.93. The number of esters is 1. The van der Waals surface area contributed by atoms with Crippen LogP contribution >= 0.6 is 0 Å². The van der Waals surface area contributed by atoms with E-state index < -0.39 is 0 Å². The number of carbonyl (C=O) groups excluding carboxylic acids is 1. The fourth-order valence-corrected chi connectivity index (χ4v) is 6.43. The average molecular weight is 399 g/mol. The van der Waals surface area contributed by atoms with E-state index in [0.29, 0.717) is 30.1 Å². The number of aryl methyl sites for hydroxylation is 2. The zero-order valence-electron chi connectivity index (χ0n) is 17.5. The van der Waals surface area contributed by atoms with Crippen molar-refractivity contribution in [3.05, 3.63) is 33.9 Å². The molecule has 4 unspecified atom stereocenters. The Morgan fingerprint density at radius 2 is 1.52 bits per heavy atom.